The van der Waals surface area contributed by atoms with E-state index in [0.29, 0.717) is 13.2 Å². The number of benzene rings is 1. The summed E-state index contributed by atoms with van der Waals surface area (Å²) in [4.78, 5) is 13.5. The quantitative estimate of drug-likeness (QED) is 0.390. The smallest absolute Gasteiger partial charge is 0.312 e. The monoisotopic (exact) mass is 600 g/mol. The molecule has 19 heavy (non-hydrogen) atoms. The van der Waals surface area contributed by atoms with Gasteiger partial charge >= 0.3 is 5.97 Å². The molecule has 0 heterocycles. The summed E-state index contributed by atoms with van der Waals surface area (Å²) in [6, 6.07) is 4.03. The van der Waals surface area contributed by atoms with Crippen LogP contribution in [0.4, 0.5) is 0 Å². The zero-order valence-corrected chi connectivity index (χ0v) is 17.1. The van der Waals surface area contributed by atoms with Gasteiger partial charge in [-0.2, -0.15) is 0 Å². The molecule has 1 aromatic rings. The Labute approximate surface area is 154 Å². The van der Waals surface area contributed by atoms with Gasteiger partial charge in [0.05, 0.1) is 5.92 Å². The number of hydrogen-bond acceptors (Lipinski definition) is 3. The Kier molecular flexibility index (Phi) is 7.79. The van der Waals surface area contributed by atoms with Crippen molar-refractivity contribution in [2.24, 2.45) is 0 Å². The lowest BCUT2D eigenvalue weighted by Crippen LogP contribution is -2.34. The molecule has 0 aliphatic heterocycles. The van der Waals surface area contributed by atoms with Crippen LogP contribution in [0, 0.1) is 10.7 Å². The minimum Gasteiger partial charge on any atom is -0.481 e. The van der Waals surface area contributed by atoms with Crippen molar-refractivity contribution in [3.8, 4) is 0 Å². The highest BCUT2D eigenvalue weighted by molar-refractivity contribution is 14.1. The van der Waals surface area contributed by atoms with Gasteiger partial charge in [0.2, 0.25) is 0 Å². The average Bonchev–Trinajstić information content (AvgIpc) is 2.24. The number of nitrogens with one attached hydrogen (secondary N) is 1. The zero-order chi connectivity index (χ0) is 14.6. The molecule has 0 bridgehead atoms. The number of rotatable bonds is 6. The molecule has 106 valence electrons. The lowest BCUT2D eigenvalue weighted by molar-refractivity contribution is -0.138. The molecule has 0 aliphatic rings. The number of carboxylic acids is 1. The van der Waals surface area contributed by atoms with Crippen molar-refractivity contribution in [3.05, 3.63) is 28.4 Å². The zero-order valence-electron chi connectivity index (χ0n) is 10.6. The molecule has 1 rings (SSSR count). The summed E-state index contributed by atoms with van der Waals surface area (Å²) in [5.74, 6) is -1.31. The molecule has 0 spiro atoms. The maximum absolute atomic E-state index is 11.5. The number of hydrogen-bond donors (Lipinski definition) is 2. The molecular weight excluding hydrogens is 585 g/mol. The first kappa shape index (κ1) is 17.9. The van der Waals surface area contributed by atoms with E-state index in [0.717, 1.165) is 16.3 Å². The maximum atomic E-state index is 11.5. The summed E-state index contributed by atoms with van der Waals surface area (Å²) >= 11 is 6.67. The largest absolute Gasteiger partial charge is 0.481 e. The Morgan fingerprint density at radius 3 is 2.26 bits per heavy atom. The highest BCUT2D eigenvalue weighted by Gasteiger charge is 2.24. The SMILES string of the molecule is CN(C)CNCC(C(=O)O)c1c(I)cc(I)cc1I. The van der Waals surface area contributed by atoms with Crippen LogP contribution in [0.5, 0.6) is 0 Å². The van der Waals surface area contributed by atoms with Crippen molar-refractivity contribution in [3.63, 3.8) is 0 Å². The number of halogens is 3. The summed E-state index contributed by atoms with van der Waals surface area (Å²) in [5, 5.41) is 12.6. The summed E-state index contributed by atoms with van der Waals surface area (Å²) < 4.78 is 3.14. The first-order chi connectivity index (χ1) is 8.82. The lowest BCUT2D eigenvalue weighted by atomic mass is 9.99. The molecule has 0 aliphatic carbocycles. The van der Waals surface area contributed by atoms with Gasteiger partial charge < -0.3 is 10.4 Å². The molecule has 7 heteroatoms. The van der Waals surface area contributed by atoms with Gasteiger partial charge in [-0.3, -0.25) is 9.69 Å². The van der Waals surface area contributed by atoms with E-state index in [2.05, 4.69) is 73.1 Å². The van der Waals surface area contributed by atoms with Crippen molar-refractivity contribution in [1.82, 2.24) is 10.2 Å². The Morgan fingerprint density at radius 1 is 1.32 bits per heavy atom. The van der Waals surface area contributed by atoms with Crippen LogP contribution in [0.15, 0.2) is 12.1 Å². The Balaban J connectivity index is 2.97. The predicted octanol–water partition coefficient (Wildman–Crippen LogP) is 2.78. The van der Waals surface area contributed by atoms with E-state index in [1.54, 1.807) is 0 Å². The predicted molar refractivity (Wildman–Crippen MR) is 102 cm³/mol. The minimum atomic E-state index is -0.789. The van der Waals surface area contributed by atoms with Gasteiger partial charge in [0.15, 0.2) is 0 Å². The minimum absolute atomic E-state index is 0.431. The van der Waals surface area contributed by atoms with Crippen LogP contribution >= 0.6 is 67.8 Å². The van der Waals surface area contributed by atoms with Gasteiger partial charge in [-0.1, -0.05) is 0 Å². The third-order valence-corrected chi connectivity index (χ3v) is 4.87. The van der Waals surface area contributed by atoms with Gasteiger partial charge in [-0.25, -0.2) is 0 Å². The van der Waals surface area contributed by atoms with Gasteiger partial charge in [0.25, 0.3) is 0 Å². The number of carboxylic acid groups (broad SMARTS) is 1. The van der Waals surface area contributed by atoms with E-state index in [4.69, 9.17) is 0 Å². The standard InChI is InChI=1S/C12H15I3N2O2/c1-17(2)6-16-5-8(12(18)19)11-9(14)3-7(13)4-10(11)15/h3-4,8,16H,5-6H2,1-2H3,(H,18,19). The Hall–Kier alpha value is 0.800. The average molecular weight is 600 g/mol. The molecule has 0 saturated carbocycles. The first-order valence-electron chi connectivity index (χ1n) is 5.55. The Morgan fingerprint density at radius 2 is 1.84 bits per heavy atom. The van der Waals surface area contributed by atoms with Crippen molar-refractivity contribution in [1.29, 1.82) is 0 Å². The topological polar surface area (TPSA) is 52.6 Å². The molecule has 4 nitrogen and oxygen atoms in total. The summed E-state index contributed by atoms with van der Waals surface area (Å²) in [6.45, 7) is 1.10. The fourth-order valence-corrected chi connectivity index (χ4v) is 5.97. The van der Waals surface area contributed by atoms with Crippen molar-refractivity contribution < 1.29 is 9.90 Å². The van der Waals surface area contributed by atoms with Crippen LogP contribution < -0.4 is 5.32 Å². The van der Waals surface area contributed by atoms with Crippen molar-refractivity contribution in [2.45, 2.75) is 5.92 Å². The van der Waals surface area contributed by atoms with Crippen molar-refractivity contribution in [2.75, 3.05) is 27.3 Å². The Bertz CT molecular complexity index is 443. The molecule has 0 amide bonds. The summed E-state index contributed by atoms with van der Waals surface area (Å²) in [7, 11) is 3.89. The van der Waals surface area contributed by atoms with Crippen LogP contribution in [0.1, 0.15) is 11.5 Å². The summed E-state index contributed by atoms with van der Waals surface area (Å²) in [5.41, 5.74) is 0.903. The second-order valence-corrected chi connectivity index (χ2v) is 7.94. The van der Waals surface area contributed by atoms with Crippen LogP contribution in [0.25, 0.3) is 0 Å². The molecule has 0 aromatic heterocycles. The highest BCUT2D eigenvalue weighted by Crippen LogP contribution is 2.29. The first-order valence-corrected chi connectivity index (χ1v) is 8.79. The molecular formula is C12H15I3N2O2. The fraction of sp³-hybridized carbons (Fsp3) is 0.417. The molecule has 0 radical (unpaired) electrons. The van der Waals surface area contributed by atoms with E-state index in [-0.39, 0.29) is 0 Å². The number of aliphatic carboxylic acids is 1. The second kappa shape index (κ2) is 8.29. The molecule has 1 atom stereocenters. The van der Waals surface area contributed by atoms with E-state index in [9.17, 15) is 9.90 Å². The third kappa shape index (κ3) is 5.59. The third-order valence-electron chi connectivity index (χ3n) is 2.47. The molecule has 0 saturated heterocycles. The van der Waals surface area contributed by atoms with Gasteiger partial charge in [0, 0.05) is 23.9 Å². The van der Waals surface area contributed by atoms with E-state index in [1.807, 2.05) is 31.1 Å². The van der Waals surface area contributed by atoms with Crippen LogP contribution in [0.3, 0.4) is 0 Å². The molecule has 2 N–H and O–H groups in total. The van der Waals surface area contributed by atoms with E-state index >= 15 is 0 Å². The molecule has 1 unspecified atom stereocenters. The maximum Gasteiger partial charge on any atom is 0.312 e. The van der Waals surface area contributed by atoms with Crippen LogP contribution in [-0.2, 0) is 4.79 Å². The molecule has 0 fully saturated rings. The van der Waals surface area contributed by atoms with E-state index < -0.39 is 11.9 Å². The lowest BCUT2D eigenvalue weighted by Gasteiger charge is -2.19. The summed E-state index contributed by atoms with van der Waals surface area (Å²) in [6.07, 6.45) is 0. The van der Waals surface area contributed by atoms with Gasteiger partial charge in [0.1, 0.15) is 0 Å². The highest BCUT2D eigenvalue weighted by atomic mass is 127. The van der Waals surface area contributed by atoms with Gasteiger partial charge in [-0.05, 0) is 99.6 Å². The molecule has 1 aromatic carbocycles. The number of nitrogens with zero attached hydrogens (tertiary/aromatic N) is 1. The normalized spacial score (nSPS) is 12.7. The van der Waals surface area contributed by atoms with Crippen molar-refractivity contribution >= 4 is 73.7 Å². The van der Waals surface area contributed by atoms with Gasteiger partial charge in [-0.15, -0.1) is 0 Å². The van der Waals surface area contributed by atoms with E-state index in [1.165, 1.54) is 0 Å². The van der Waals surface area contributed by atoms with Crippen LogP contribution in [-0.4, -0.2) is 43.3 Å². The second-order valence-electron chi connectivity index (χ2n) is 4.37. The fourth-order valence-electron chi connectivity index (χ4n) is 1.63. The number of carbonyl (C=O) groups is 1. The van der Waals surface area contributed by atoms with Crippen LogP contribution in [0.2, 0.25) is 0 Å².